The number of rotatable bonds is 7. The predicted octanol–water partition coefficient (Wildman–Crippen LogP) is 8.68. The van der Waals surface area contributed by atoms with E-state index in [0.717, 1.165) is 61.2 Å². The van der Waals surface area contributed by atoms with Crippen molar-refractivity contribution in [3.8, 4) is 11.5 Å². The van der Waals surface area contributed by atoms with Crippen LogP contribution in [0.5, 0.6) is 11.5 Å². The number of phenols is 2. The number of nitrogens with zero attached hydrogens (tertiary/aromatic N) is 2. The molecular formula is C47H83CoN2O9. The van der Waals surface area contributed by atoms with Gasteiger partial charge in [-0.15, -0.1) is 13.1 Å². The summed E-state index contributed by atoms with van der Waals surface area (Å²) in [6, 6.07) is 8.88. The van der Waals surface area contributed by atoms with E-state index in [9.17, 15) is 10.2 Å². The van der Waals surface area contributed by atoms with Gasteiger partial charge in [0.2, 0.25) is 0 Å². The zero-order valence-electron chi connectivity index (χ0n) is 39.3. The number of aliphatic hydroxyl groups excluding tert-OH is 2. The van der Waals surface area contributed by atoms with E-state index < -0.39 is 6.10 Å². The topological polar surface area (TPSA) is 214 Å². The van der Waals surface area contributed by atoms with Gasteiger partial charge >= 0.3 is 16.8 Å². The number of hydrogen-bond donors (Lipinski definition) is 4. The average molecular weight is 879 g/mol. The first-order valence-electron chi connectivity index (χ1n) is 20.5. The van der Waals surface area contributed by atoms with Crippen LogP contribution in [-0.4, -0.2) is 87.9 Å². The van der Waals surface area contributed by atoms with Crippen LogP contribution in [0.2, 0.25) is 0 Å². The largest absolute Gasteiger partial charge is 3.00 e. The average Bonchev–Trinajstić information content (AvgIpc) is 4.03. The number of carbonyl (C=O) groups excluding carboxylic acids is 1. The van der Waals surface area contributed by atoms with Crippen LogP contribution in [0.4, 0.5) is 0 Å². The van der Waals surface area contributed by atoms with Crippen LogP contribution >= 0.6 is 0 Å². The molecule has 1 aliphatic carbocycles. The minimum absolute atomic E-state index is 0. The third-order valence-corrected chi connectivity index (χ3v) is 9.68. The van der Waals surface area contributed by atoms with Gasteiger partial charge in [0.25, 0.3) is 0 Å². The molecule has 0 bridgehead atoms. The maximum atomic E-state index is 11.3. The first-order chi connectivity index (χ1) is 25.7. The molecule has 11 nitrogen and oxygen atoms in total. The minimum atomic E-state index is -0.560. The second kappa shape index (κ2) is 27.1. The second-order valence-electron chi connectivity index (χ2n) is 19.7. The molecule has 2 aliphatic heterocycles. The second-order valence-corrected chi connectivity index (χ2v) is 19.7. The van der Waals surface area contributed by atoms with Gasteiger partial charge in [-0.05, 0) is 75.8 Å². The summed E-state index contributed by atoms with van der Waals surface area (Å²) in [5.41, 5.74) is 5.91. The van der Waals surface area contributed by atoms with E-state index >= 15 is 0 Å². The molecule has 0 aromatic heterocycles. The molecule has 344 valence electrons. The van der Waals surface area contributed by atoms with Crippen molar-refractivity contribution >= 4 is 6.29 Å². The molecular weight excluding hydrogens is 795 g/mol. The number of aliphatic hydroxyl groups is 2. The SMILES string of the molecule is CC(C)(C)c1cc(C[N-][C@H]2CCCC[C@@H]2[N-]Cc2cc(C(C)(C)C)cc(C(C)(C)C)c2O)c(O)c(C(C)(C)C)c1.CC1CO1.C[C-]=O.C[C@@H](O)CO.C[C@H]1CO1.O.O.[Co+3]. The third kappa shape index (κ3) is 23.6. The van der Waals surface area contributed by atoms with Crippen LogP contribution in [0, 0.1) is 0 Å². The molecule has 12 heteroatoms. The fraction of sp³-hybridized carbons (Fsp3) is 0.723. The summed E-state index contributed by atoms with van der Waals surface area (Å²) in [5, 5.41) is 48.9. The van der Waals surface area contributed by atoms with Crippen LogP contribution < -0.4 is 0 Å². The van der Waals surface area contributed by atoms with Gasteiger partial charge in [0.1, 0.15) is 11.5 Å². The maximum absolute atomic E-state index is 11.3. The molecule has 5 atom stereocenters. The molecule has 0 spiro atoms. The van der Waals surface area contributed by atoms with E-state index in [1.807, 2.05) is 0 Å². The summed E-state index contributed by atoms with van der Waals surface area (Å²) in [4.78, 5) is 8.68. The Bertz CT molecular complexity index is 1360. The Kier molecular flexibility index (Phi) is 28.1. The van der Waals surface area contributed by atoms with Crippen LogP contribution in [0.1, 0.15) is 170 Å². The van der Waals surface area contributed by atoms with E-state index in [2.05, 4.69) is 121 Å². The Morgan fingerprint density at radius 3 is 1.12 bits per heavy atom. The van der Waals surface area contributed by atoms with Crippen LogP contribution in [0.25, 0.3) is 10.6 Å². The molecule has 1 saturated carbocycles. The van der Waals surface area contributed by atoms with E-state index in [-0.39, 0.29) is 68.1 Å². The normalized spacial score (nSPS) is 19.9. The van der Waals surface area contributed by atoms with Gasteiger partial charge < -0.3 is 56.3 Å². The Balaban J connectivity index is -0.00000138. The standard InChI is InChI=1S/C36H56N2O2.C3H8O2.2C3H6O.C2H3O.Co.2H2O/c1-33(2,3)25-17-23(31(39)27(19-25)35(7,8)9)21-37-29-15-13-14-16-30(29)38-22-24-18-26(34(4,5)6)20-28(32(24)40)36(10,11)12;1-3(5)2-4;2*1-3-2-4-3;1-2-3;;;/h17-20,29-30,39-40H,13-16,21-22H2,1-12H3;3-5H,2H2,1H3;2*3H,2H2,1H3;1H3;;2*1H2/q-2;;;;-1;+3;;/t29-,30-;2*3-;;;;;/m010...../s1. The van der Waals surface area contributed by atoms with Crippen molar-refractivity contribution in [2.24, 2.45) is 0 Å². The quantitative estimate of drug-likeness (QED) is 0.157. The Morgan fingerprint density at radius 2 is 0.932 bits per heavy atom. The van der Waals surface area contributed by atoms with Gasteiger partial charge in [-0.25, -0.2) is 0 Å². The fourth-order valence-electron chi connectivity index (χ4n) is 5.78. The molecule has 2 heterocycles. The number of hydrogen-bond acceptors (Lipinski definition) is 7. The molecule has 5 rings (SSSR count). The van der Waals surface area contributed by atoms with Crippen molar-refractivity contribution in [2.75, 3.05) is 19.8 Å². The van der Waals surface area contributed by atoms with Crippen LogP contribution in [0.3, 0.4) is 0 Å². The van der Waals surface area contributed by atoms with Crippen molar-refractivity contribution < 1.29 is 62.4 Å². The van der Waals surface area contributed by atoms with Gasteiger partial charge in [-0.1, -0.05) is 133 Å². The Hall–Kier alpha value is -2.10. The summed E-state index contributed by atoms with van der Waals surface area (Å²) in [5.74, 6) is 0.763. The number of phenolic OH excluding ortho intramolecular Hbond substituents is 2. The predicted molar refractivity (Wildman–Crippen MR) is 239 cm³/mol. The molecule has 8 N–H and O–H groups in total. The monoisotopic (exact) mass is 879 g/mol. The molecule has 3 fully saturated rings. The summed E-state index contributed by atoms with van der Waals surface area (Å²) < 4.78 is 9.42. The van der Waals surface area contributed by atoms with Crippen molar-refractivity contribution in [3.63, 3.8) is 0 Å². The fourth-order valence-corrected chi connectivity index (χ4v) is 5.78. The Morgan fingerprint density at radius 1 is 0.678 bits per heavy atom. The number of ether oxygens (including phenoxy) is 2. The van der Waals surface area contributed by atoms with E-state index in [1.54, 1.807) is 0 Å². The van der Waals surface area contributed by atoms with Crippen molar-refractivity contribution in [1.29, 1.82) is 0 Å². The summed E-state index contributed by atoms with van der Waals surface area (Å²) in [6.07, 6.45) is 6.44. The van der Waals surface area contributed by atoms with Crippen molar-refractivity contribution in [1.82, 2.24) is 0 Å². The summed E-state index contributed by atoms with van der Waals surface area (Å²) in [6.45, 7) is 36.0. The van der Waals surface area contributed by atoms with E-state index in [0.29, 0.717) is 36.8 Å². The molecule has 3 aliphatic rings. The summed E-state index contributed by atoms with van der Waals surface area (Å²) in [7, 11) is 0. The molecule has 2 saturated heterocycles. The zero-order valence-corrected chi connectivity index (χ0v) is 40.3. The zero-order chi connectivity index (χ0) is 43.2. The van der Waals surface area contributed by atoms with Gasteiger partial charge in [-0.2, -0.15) is 19.0 Å². The smallest absolute Gasteiger partial charge is 0.657 e. The summed E-state index contributed by atoms with van der Waals surface area (Å²) >= 11 is 0. The molecule has 0 radical (unpaired) electrons. The van der Waals surface area contributed by atoms with Gasteiger partial charge in [-0.3, -0.25) is 6.29 Å². The van der Waals surface area contributed by atoms with Gasteiger partial charge in [0.15, 0.2) is 0 Å². The van der Waals surface area contributed by atoms with Gasteiger partial charge in [0.05, 0.1) is 38.1 Å². The molecule has 2 aromatic carbocycles. The Labute approximate surface area is 368 Å². The maximum Gasteiger partial charge on any atom is 3.00 e. The first-order valence-corrected chi connectivity index (χ1v) is 20.5. The van der Waals surface area contributed by atoms with Crippen LogP contribution in [-0.2, 0) is 65.8 Å². The van der Waals surface area contributed by atoms with Crippen molar-refractivity contribution in [2.45, 2.75) is 202 Å². The number of aromatic hydroxyl groups is 2. The molecule has 59 heavy (non-hydrogen) atoms. The molecule has 1 unspecified atom stereocenters. The van der Waals surface area contributed by atoms with Crippen molar-refractivity contribution in [3.05, 3.63) is 68.3 Å². The van der Waals surface area contributed by atoms with Gasteiger partial charge in [0, 0.05) is 0 Å². The van der Waals surface area contributed by atoms with Crippen LogP contribution in [0.15, 0.2) is 24.3 Å². The molecule has 2 aromatic rings. The van der Waals surface area contributed by atoms with E-state index in [4.69, 9.17) is 35.1 Å². The number of benzene rings is 2. The number of epoxide rings is 2. The first kappa shape index (κ1) is 61.2. The third-order valence-electron chi connectivity index (χ3n) is 9.68. The molecule has 0 amide bonds. The van der Waals surface area contributed by atoms with E-state index in [1.165, 1.54) is 31.3 Å². The minimum Gasteiger partial charge on any atom is -0.657 e.